The maximum Gasteiger partial charge on any atom is 0.200 e. The lowest BCUT2D eigenvalue weighted by atomic mass is 10.1. The Bertz CT molecular complexity index is 1060. The van der Waals surface area contributed by atoms with Crippen molar-refractivity contribution in [3.63, 3.8) is 0 Å². The molecule has 0 amide bonds. The molecule has 3 aromatic rings. The number of aromatic nitrogens is 2. The smallest absolute Gasteiger partial charge is 0.200 e. The van der Waals surface area contributed by atoms with Crippen LogP contribution in [0.5, 0.6) is 0 Å². The molecule has 0 bridgehead atoms. The average Bonchev–Trinajstić information content (AvgIpc) is 3.31. The maximum absolute atomic E-state index is 14.9. The van der Waals surface area contributed by atoms with Gasteiger partial charge in [0.15, 0.2) is 8.32 Å². The van der Waals surface area contributed by atoms with Gasteiger partial charge in [-0.3, -0.25) is 4.57 Å². The first-order valence-corrected chi connectivity index (χ1v) is 14.6. The zero-order chi connectivity index (χ0) is 24.3. The lowest BCUT2D eigenvalue weighted by Crippen LogP contribution is -2.48. The molecular weight excluding hydrogens is 503 g/mol. The van der Waals surface area contributed by atoms with Gasteiger partial charge in [-0.25, -0.2) is 9.37 Å². The van der Waals surface area contributed by atoms with Crippen molar-refractivity contribution in [2.75, 3.05) is 13.7 Å². The molecule has 0 N–H and O–H groups in total. The Kier molecular flexibility index (Phi) is 8.59. The van der Waals surface area contributed by atoms with Crippen LogP contribution in [-0.4, -0.2) is 31.6 Å². The van der Waals surface area contributed by atoms with Crippen molar-refractivity contribution in [1.29, 1.82) is 0 Å². The van der Waals surface area contributed by atoms with Crippen LogP contribution in [0.3, 0.4) is 0 Å². The number of imidazole rings is 1. The molecule has 0 aliphatic carbocycles. The second-order valence-electron chi connectivity index (χ2n) is 9.57. The lowest BCUT2D eigenvalue weighted by molar-refractivity contribution is 0.126. The number of methoxy groups -OCH3 is 1. The summed E-state index contributed by atoms with van der Waals surface area (Å²) >= 11 is 3.63. The SMILES string of the molecule is COCn1c(CCCO[Si](C(C)C)(C(C)C)C(C)C)nc(-c2cc3occc3cc2F)c1Br. The van der Waals surface area contributed by atoms with Crippen LogP contribution in [0.15, 0.2) is 33.5 Å². The first-order chi connectivity index (χ1) is 15.6. The van der Waals surface area contributed by atoms with E-state index in [1.54, 1.807) is 25.5 Å². The largest absolute Gasteiger partial charge is 0.464 e. The number of furan rings is 1. The third-order valence-electron chi connectivity index (χ3n) is 6.64. The molecule has 0 spiro atoms. The predicted molar refractivity (Wildman–Crippen MR) is 137 cm³/mol. The van der Waals surface area contributed by atoms with Gasteiger partial charge in [-0.15, -0.1) is 0 Å². The van der Waals surface area contributed by atoms with Gasteiger partial charge in [0, 0.05) is 31.1 Å². The van der Waals surface area contributed by atoms with Gasteiger partial charge >= 0.3 is 0 Å². The van der Waals surface area contributed by atoms with E-state index in [0.717, 1.165) is 17.6 Å². The number of halogens is 2. The van der Waals surface area contributed by atoms with Gasteiger partial charge in [-0.1, -0.05) is 41.5 Å². The van der Waals surface area contributed by atoms with E-state index < -0.39 is 8.32 Å². The molecule has 0 unspecified atom stereocenters. The molecule has 0 radical (unpaired) electrons. The zero-order valence-corrected chi connectivity index (χ0v) is 23.3. The van der Waals surface area contributed by atoms with Gasteiger partial charge < -0.3 is 13.6 Å². The van der Waals surface area contributed by atoms with Gasteiger partial charge in [0.1, 0.15) is 34.3 Å². The summed E-state index contributed by atoms with van der Waals surface area (Å²) < 4.78 is 35.1. The second kappa shape index (κ2) is 10.8. The molecule has 182 valence electrons. The summed E-state index contributed by atoms with van der Waals surface area (Å²) in [5.41, 5.74) is 3.23. The van der Waals surface area contributed by atoms with E-state index in [2.05, 4.69) is 57.5 Å². The van der Waals surface area contributed by atoms with Crippen molar-refractivity contribution >= 4 is 35.2 Å². The minimum Gasteiger partial charge on any atom is -0.464 e. The number of fused-ring (bicyclic) bond motifs is 1. The second-order valence-corrected chi connectivity index (χ2v) is 15.8. The standard InChI is InChI=1S/C25H36BrFN2O3Si/c1-16(2)33(17(3)4,18(5)6)32-11-8-9-23-28-24(25(26)29(23)15-30-7)20-14-22-19(10-12-31-22)13-21(20)27/h10,12-14,16-18H,8-9,11,15H2,1-7H3. The molecule has 0 atom stereocenters. The number of aryl methyl sites for hydroxylation is 1. The van der Waals surface area contributed by atoms with Crippen LogP contribution < -0.4 is 0 Å². The zero-order valence-electron chi connectivity index (χ0n) is 20.7. The highest BCUT2D eigenvalue weighted by molar-refractivity contribution is 9.10. The van der Waals surface area contributed by atoms with Gasteiger partial charge in [0.25, 0.3) is 0 Å². The third-order valence-corrected chi connectivity index (χ3v) is 13.6. The van der Waals surface area contributed by atoms with Crippen LogP contribution >= 0.6 is 15.9 Å². The van der Waals surface area contributed by atoms with Crippen molar-refractivity contribution in [2.24, 2.45) is 0 Å². The summed E-state index contributed by atoms with van der Waals surface area (Å²) in [6.07, 6.45) is 3.12. The van der Waals surface area contributed by atoms with Crippen LogP contribution in [0.25, 0.3) is 22.2 Å². The summed E-state index contributed by atoms with van der Waals surface area (Å²) in [6, 6.07) is 4.94. The van der Waals surface area contributed by atoms with Crippen LogP contribution in [0, 0.1) is 5.82 Å². The minimum absolute atomic E-state index is 0.330. The van der Waals surface area contributed by atoms with E-state index in [1.807, 2.05) is 4.57 Å². The molecule has 2 heterocycles. The number of hydrogen-bond donors (Lipinski definition) is 0. The molecule has 1 aromatic carbocycles. The first-order valence-electron chi connectivity index (χ1n) is 11.7. The van der Waals surface area contributed by atoms with Crippen LogP contribution in [0.4, 0.5) is 4.39 Å². The highest BCUT2D eigenvalue weighted by atomic mass is 79.9. The van der Waals surface area contributed by atoms with Crippen LogP contribution in [0.1, 0.15) is 53.8 Å². The number of nitrogens with zero attached hydrogens (tertiary/aromatic N) is 2. The van der Waals surface area contributed by atoms with Gasteiger partial charge in [-0.2, -0.15) is 0 Å². The number of benzene rings is 1. The fourth-order valence-corrected chi connectivity index (χ4v) is 11.3. The van der Waals surface area contributed by atoms with Crippen molar-refractivity contribution in [2.45, 2.75) is 77.7 Å². The highest BCUT2D eigenvalue weighted by Crippen LogP contribution is 2.42. The Balaban J connectivity index is 1.83. The molecule has 3 rings (SSSR count). The normalized spacial score (nSPS) is 12.7. The average molecular weight is 540 g/mol. The Morgan fingerprint density at radius 1 is 1.12 bits per heavy atom. The Morgan fingerprint density at radius 2 is 1.79 bits per heavy atom. The monoisotopic (exact) mass is 538 g/mol. The first kappa shape index (κ1) is 26.1. The third kappa shape index (κ3) is 5.14. The fraction of sp³-hybridized carbons (Fsp3) is 0.560. The molecule has 0 fully saturated rings. The summed E-state index contributed by atoms with van der Waals surface area (Å²) in [5, 5.41) is 0.731. The van der Waals surface area contributed by atoms with E-state index in [4.69, 9.17) is 18.6 Å². The molecule has 0 aliphatic rings. The summed E-state index contributed by atoms with van der Waals surface area (Å²) in [6.45, 7) is 14.8. The summed E-state index contributed by atoms with van der Waals surface area (Å²) in [7, 11) is -0.260. The van der Waals surface area contributed by atoms with Crippen molar-refractivity contribution < 1.29 is 18.0 Å². The van der Waals surface area contributed by atoms with Crippen molar-refractivity contribution in [3.05, 3.63) is 40.7 Å². The molecule has 33 heavy (non-hydrogen) atoms. The van der Waals surface area contributed by atoms with Gasteiger partial charge in [0.2, 0.25) is 0 Å². The van der Waals surface area contributed by atoms with Crippen molar-refractivity contribution in [3.8, 4) is 11.3 Å². The van der Waals surface area contributed by atoms with E-state index in [-0.39, 0.29) is 5.82 Å². The molecular formula is C25H36BrFN2O3Si. The minimum atomic E-state index is -1.90. The summed E-state index contributed by atoms with van der Waals surface area (Å²) in [4.78, 5) is 4.80. The molecule has 2 aromatic heterocycles. The van der Waals surface area contributed by atoms with Crippen LogP contribution in [-0.2, 0) is 22.3 Å². The van der Waals surface area contributed by atoms with E-state index >= 15 is 0 Å². The lowest BCUT2D eigenvalue weighted by Gasteiger charge is -2.42. The Hall–Kier alpha value is -1.48. The number of ether oxygens (including phenoxy) is 1. The predicted octanol–water partition coefficient (Wildman–Crippen LogP) is 7.93. The Labute approximate surface area is 205 Å². The highest BCUT2D eigenvalue weighted by Gasteiger charge is 2.44. The van der Waals surface area contributed by atoms with Gasteiger partial charge in [0.05, 0.1) is 6.26 Å². The summed E-state index contributed by atoms with van der Waals surface area (Å²) in [5.74, 6) is 0.510. The molecule has 0 aliphatic heterocycles. The molecule has 5 nitrogen and oxygen atoms in total. The van der Waals surface area contributed by atoms with E-state index in [9.17, 15) is 4.39 Å². The molecule has 0 saturated heterocycles. The topological polar surface area (TPSA) is 49.4 Å². The maximum atomic E-state index is 14.9. The number of rotatable bonds is 11. The van der Waals surface area contributed by atoms with Gasteiger partial charge in [-0.05, 0) is 57.2 Å². The quantitative estimate of drug-likeness (QED) is 0.183. The molecule has 8 heteroatoms. The van der Waals surface area contributed by atoms with E-state index in [0.29, 0.717) is 57.8 Å². The fourth-order valence-electron chi connectivity index (χ4n) is 5.24. The van der Waals surface area contributed by atoms with E-state index in [1.165, 1.54) is 6.07 Å². The Morgan fingerprint density at radius 3 is 2.39 bits per heavy atom. The van der Waals surface area contributed by atoms with Crippen molar-refractivity contribution in [1.82, 2.24) is 9.55 Å². The van der Waals surface area contributed by atoms with Crippen LogP contribution in [0.2, 0.25) is 16.6 Å². The molecule has 0 saturated carbocycles. The number of hydrogen-bond acceptors (Lipinski definition) is 4.